The third-order valence-corrected chi connectivity index (χ3v) is 25.4. The van der Waals surface area contributed by atoms with Gasteiger partial charge in [0.15, 0.2) is 35.6 Å². The Morgan fingerprint density at radius 1 is 0.433 bits per heavy atom. The van der Waals surface area contributed by atoms with Gasteiger partial charge in [-0.3, -0.25) is 57.3 Å². The van der Waals surface area contributed by atoms with Crippen LogP contribution in [0.15, 0.2) is 142 Å². The number of fused-ring (bicyclic) bond motifs is 3. The van der Waals surface area contributed by atoms with E-state index in [1.54, 1.807) is 133 Å². The molecule has 3 saturated heterocycles. The van der Waals surface area contributed by atoms with Crippen LogP contribution in [-0.4, -0.2) is 207 Å². The zero-order valence-electron chi connectivity index (χ0n) is 66.7. The van der Waals surface area contributed by atoms with Crippen molar-refractivity contribution in [2.45, 2.75) is 153 Å². The number of benzene rings is 3. The molecular formula is C75H99F3N15O24P3. The van der Waals surface area contributed by atoms with Crippen molar-refractivity contribution in [2.75, 3.05) is 75.5 Å². The smallest absolute Gasteiger partial charge is 0.380 e. The Balaban J connectivity index is 0.000000189. The Kier molecular flexibility index (Phi) is 29.6. The van der Waals surface area contributed by atoms with Crippen LogP contribution in [0.5, 0.6) is 17.2 Å². The molecule has 0 saturated carbocycles. The van der Waals surface area contributed by atoms with Gasteiger partial charge in [-0.2, -0.15) is 15.0 Å². The van der Waals surface area contributed by atoms with E-state index in [0.717, 1.165) is 0 Å². The molecule has 3 aliphatic rings. The quantitative estimate of drug-likeness (QED) is 0.0121. The summed E-state index contributed by atoms with van der Waals surface area (Å²) in [7, 11) is -12.2. The van der Waals surface area contributed by atoms with E-state index in [2.05, 4.69) is 29.9 Å². The Bertz CT molecular complexity index is 4870. The van der Waals surface area contributed by atoms with Gasteiger partial charge in [0.05, 0.1) is 90.5 Å². The second-order valence-electron chi connectivity index (χ2n) is 30.0. The van der Waals surface area contributed by atoms with Gasteiger partial charge < -0.3 is 105 Å². The highest BCUT2D eigenvalue weighted by atomic mass is 31.2. The fourth-order valence-corrected chi connectivity index (χ4v) is 18.8. The van der Waals surface area contributed by atoms with E-state index in [9.17, 15) is 71.0 Å². The number of ether oxygens (including phenoxy) is 6. The van der Waals surface area contributed by atoms with Crippen LogP contribution >= 0.6 is 22.8 Å². The summed E-state index contributed by atoms with van der Waals surface area (Å²) < 4.78 is 156. The van der Waals surface area contributed by atoms with Crippen LogP contribution in [0.4, 0.5) is 31.0 Å². The van der Waals surface area contributed by atoms with Crippen molar-refractivity contribution in [3.05, 3.63) is 159 Å². The molecule has 9 aromatic rings. The van der Waals surface area contributed by atoms with Crippen molar-refractivity contribution in [1.82, 2.24) is 43.6 Å². The third-order valence-electron chi connectivity index (χ3n) is 19.3. The van der Waals surface area contributed by atoms with Crippen LogP contribution in [0, 0.1) is 17.8 Å². The van der Waals surface area contributed by atoms with Gasteiger partial charge in [-0.05, 0) is 96.1 Å². The Morgan fingerprint density at radius 3 is 0.883 bits per heavy atom. The molecule has 18 N–H and O–H groups in total. The molecule has 3 aromatic carbocycles. The van der Waals surface area contributed by atoms with Gasteiger partial charge in [-0.15, -0.1) is 0 Å². The summed E-state index contributed by atoms with van der Waals surface area (Å²) in [5, 5.41) is 33.5. The molecule has 0 amide bonds. The number of nitrogens with one attached hydrogen (secondary N) is 3. The van der Waals surface area contributed by atoms with Gasteiger partial charge in [0.1, 0.15) is 90.5 Å². The van der Waals surface area contributed by atoms with E-state index in [1.807, 2.05) is 0 Å². The molecule has 9 heterocycles. The second-order valence-corrected chi connectivity index (χ2v) is 36.1. The first-order chi connectivity index (χ1) is 56.6. The first-order valence-corrected chi connectivity index (χ1v) is 43.0. The number of para-hydroxylation sites is 3. The molecule has 3 fully saturated rings. The molecule has 4 unspecified atom stereocenters. The van der Waals surface area contributed by atoms with Crippen molar-refractivity contribution in [3.8, 4) is 17.2 Å². The van der Waals surface area contributed by atoms with Crippen LogP contribution in [0.3, 0.4) is 0 Å². The fraction of sp³-hybridized carbons (Fsp3) is 0.480. The summed E-state index contributed by atoms with van der Waals surface area (Å²) >= 11 is 0. The molecule has 0 aliphatic carbocycles. The summed E-state index contributed by atoms with van der Waals surface area (Å²) in [4.78, 5) is 93.5. The molecule has 654 valence electrons. The molecule has 3 aliphatic heterocycles. The Labute approximate surface area is 683 Å². The molecule has 6 aromatic heterocycles. The number of hydrogen-bond donors (Lipinski definition) is 12. The number of aromatic nitrogens is 9. The zero-order chi connectivity index (χ0) is 87.7. The monoisotopic (exact) mass is 1740 g/mol. The summed E-state index contributed by atoms with van der Waals surface area (Å²) in [5.41, 5.74) is 28.6. The van der Waals surface area contributed by atoms with E-state index in [4.69, 9.17) is 90.0 Å². The normalized spacial score (nSPS) is 25.1. The van der Waals surface area contributed by atoms with Gasteiger partial charge in [0.2, 0.25) is 17.8 Å². The number of H-pyrrole nitrogens is 3. The molecule has 18 atom stereocenters. The first-order valence-electron chi connectivity index (χ1n) is 37.8. The molecule has 39 nitrogen and oxygen atoms in total. The number of anilines is 3. The lowest BCUT2D eigenvalue weighted by Gasteiger charge is -2.30. The molecule has 0 spiro atoms. The highest BCUT2D eigenvalue weighted by molar-refractivity contribution is 7.55. The number of carbonyl (C=O) groups excluding carboxylic acids is 3. The number of aliphatic hydroxyl groups is 3. The van der Waals surface area contributed by atoms with Crippen molar-refractivity contribution in [2.24, 2.45) is 35.0 Å². The number of carbonyl (C=O) groups is 3. The van der Waals surface area contributed by atoms with Crippen LogP contribution in [-0.2, 0) is 70.1 Å². The van der Waals surface area contributed by atoms with Crippen LogP contribution in [0.25, 0.3) is 33.1 Å². The summed E-state index contributed by atoms with van der Waals surface area (Å²) in [5.74, 6) is -4.21. The third kappa shape index (κ3) is 21.2. The first kappa shape index (κ1) is 92.4. The van der Waals surface area contributed by atoms with E-state index < -0.39 is 187 Å². The number of nitrogens with two attached hydrogens (primary N) is 6. The van der Waals surface area contributed by atoms with Crippen molar-refractivity contribution in [1.29, 1.82) is 0 Å². The highest BCUT2D eigenvalue weighted by Gasteiger charge is 2.59. The Morgan fingerprint density at radius 2 is 0.667 bits per heavy atom. The van der Waals surface area contributed by atoms with Gasteiger partial charge in [-0.25, -0.2) is 26.9 Å². The number of rotatable bonds is 33. The van der Waals surface area contributed by atoms with Crippen LogP contribution < -0.4 is 64.7 Å². The van der Waals surface area contributed by atoms with Crippen LogP contribution in [0.2, 0.25) is 0 Å². The summed E-state index contributed by atoms with van der Waals surface area (Å²) in [6.07, 6.45) is -10.6. The lowest BCUT2D eigenvalue weighted by atomic mass is 9.92. The predicted octanol–water partition coefficient (Wildman–Crippen LogP) is 6.33. The van der Waals surface area contributed by atoms with Crippen molar-refractivity contribution in [3.63, 3.8) is 0 Å². The standard InChI is InChI=1S/3C25H33FN5O8P/c3*1-14(2)37-22(34)15(3)12-40(35,39-16-7-5-4-6-8-16)36-11-18-19(32)25(28,13-26)23(38-18)31-10-9-17-20(31)29-24(27)30-21(17)33/h3*4-10,14-15,18-19,23,32H,11-13,28H2,1-3H3,(H3,27,29,30,33)/t15-,18-,19+,23-,25?,40?;15-,18-,19+,23-,25?,40+;15-,18-,19+,23-,25?,40-/m111/s1. The molecule has 0 radical (unpaired) electrons. The molecule has 120 heavy (non-hydrogen) atoms. The van der Waals surface area contributed by atoms with E-state index in [-0.39, 0.29) is 105 Å². The fourth-order valence-electron chi connectivity index (χ4n) is 13.2. The molecular weight excluding hydrogens is 1640 g/mol. The maximum Gasteiger partial charge on any atom is 0.380 e. The van der Waals surface area contributed by atoms with E-state index in [0.29, 0.717) is 0 Å². The topological polar surface area (TPSA) is 582 Å². The minimum absolute atomic E-state index is 0.0684. The van der Waals surface area contributed by atoms with Gasteiger partial charge in [-0.1, -0.05) is 75.4 Å². The zero-order valence-corrected chi connectivity index (χ0v) is 69.4. The minimum Gasteiger partial charge on any atom is -0.463 e. The lowest BCUT2D eigenvalue weighted by Crippen LogP contribution is -2.56. The molecule has 45 heteroatoms. The largest absolute Gasteiger partial charge is 0.463 e. The SMILES string of the molecule is CC(C)OC(=O)[C@H](C)CP(=O)(OC[C@H]1O[C@@H](n2ccc3c(=O)[nH]c(N)nc32)C(N)(CF)[C@H]1O)Oc1ccccc1.CC(C)OC(=O)[C@H](C)C[P@@](=O)(OC[C@H]1O[C@@H](n2ccc3c(=O)[nH]c(N)nc32)C(N)(CF)[C@H]1O)Oc1ccccc1.CC(C)OC(=O)[C@H](C)C[P@](=O)(OC[C@H]1O[C@@H](n2ccc3c(=O)[nH]c(N)nc32)C(N)(CF)[C@H]1O)Oc1ccccc1. The molecule has 0 bridgehead atoms. The number of halogens is 3. The number of esters is 3. The number of nitrogens with zero attached hydrogens (tertiary/aromatic N) is 6. The minimum atomic E-state index is -4.06. The van der Waals surface area contributed by atoms with Crippen LogP contribution in [0.1, 0.15) is 81.0 Å². The van der Waals surface area contributed by atoms with Crippen molar-refractivity contribution >= 4 is 91.6 Å². The highest BCUT2D eigenvalue weighted by Crippen LogP contribution is 2.55. The average Bonchev–Trinajstić information content (AvgIpc) is 1.60. The van der Waals surface area contributed by atoms with E-state index >= 15 is 0 Å². The maximum atomic E-state index is 14.4. The van der Waals surface area contributed by atoms with Crippen molar-refractivity contribution < 1.29 is 112 Å². The number of nitrogen functional groups attached to an aromatic ring is 3. The number of aliphatic hydroxyl groups excluding tert-OH is 3. The summed E-state index contributed by atoms with van der Waals surface area (Å²) in [6.45, 7) is 9.48. The summed E-state index contributed by atoms with van der Waals surface area (Å²) in [6, 6.07) is 28.9. The average molecular weight is 1740 g/mol. The number of aromatic amines is 3. The molecule has 12 rings (SSSR count). The number of alkyl halides is 3. The van der Waals surface area contributed by atoms with E-state index in [1.165, 1.54) is 71.3 Å². The van der Waals surface area contributed by atoms with Gasteiger partial charge in [0, 0.05) is 18.6 Å². The van der Waals surface area contributed by atoms with Gasteiger partial charge in [0.25, 0.3) is 16.7 Å². The predicted molar refractivity (Wildman–Crippen MR) is 430 cm³/mol. The lowest BCUT2D eigenvalue weighted by molar-refractivity contribution is -0.152. The second kappa shape index (κ2) is 38.5. The Hall–Kier alpha value is -9.87. The maximum absolute atomic E-state index is 14.4. The van der Waals surface area contributed by atoms with Gasteiger partial charge >= 0.3 is 40.7 Å². The number of hydrogen-bond acceptors (Lipinski definition) is 33.